The first-order valence-electron chi connectivity index (χ1n) is 6.09. The lowest BCUT2D eigenvalue weighted by Gasteiger charge is -2.27. The maximum absolute atomic E-state index is 13.9. The third kappa shape index (κ3) is 2.47. The lowest BCUT2D eigenvalue weighted by atomic mass is 9.86. The monoisotopic (exact) mass is 260 g/mol. The van der Waals surface area contributed by atoms with Gasteiger partial charge in [0.2, 0.25) is 0 Å². The Bertz CT molecular complexity index is 591. The Balaban J connectivity index is 2.62. The van der Waals surface area contributed by atoms with Crippen LogP contribution in [-0.2, 0) is 5.60 Å². The molecule has 1 N–H and O–H groups in total. The fourth-order valence-electron chi connectivity index (χ4n) is 2.20. The number of aliphatic hydroxyl groups is 1. The van der Waals surface area contributed by atoms with Crippen molar-refractivity contribution in [2.24, 2.45) is 0 Å². The molecule has 0 aromatic heterocycles. The molecule has 3 heteroatoms. The lowest BCUT2D eigenvalue weighted by Crippen LogP contribution is -2.25. The van der Waals surface area contributed by atoms with Gasteiger partial charge >= 0.3 is 0 Å². The summed E-state index contributed by atoms with van der Waals surface area (Å²) in [5.41, 5.74) is 0.328. The average Bonchev–Trinajstić information content (AvgIpc) is 2.39. The highest BCUT2D eigenvalue weighted by Gasteiger charge is 2.31. The van der Waals surface area contributed by atoms with Crippen molar-refractivity contribution in [3.8, 4) is 5.75 Å². The van der Waals surface area contributed by atoms with Gasteiger partial charge in [-0.1, -0.05) is 29.8 Å². The summed E-state index contributed by atoms with van der Waals surface area (Å²) >= 11 is 0. The molecule has 1 unspecified atom stereocenters. The number of hydrogen-bond acceptors (Lipinski definition) is 2. The Labute approximate surface area is 112 Å². The Morgan fingerprint density at radius 2 is 1.79 bits per heavy atom. The molecule has 0 amide bonds. The molecule has 0 fully saturated rings. The molecule has 0 aliphatic heterocycles. The number of rotatable bonds is 3. The maximum Gasteiger partial charge on any atom is 0.129 e. The summed E-state index contributed by atoms with van der Waals surface area (Å²) in [6, 6.07) is 11.7. The van der Waals surface area contributed by atoms with E-state index >= 15 is 0 Å². The van der Waals surface area contributed by atoms with Gasteiger partial charge in [0, 0.05) is 11.1 Å². The van der Waals surface area contributed by atoms with Crippen LogP contribution in [0.1, 0.15) is 23.6 Å². The molecule has 100 valence electrons. The van der Waals surface area contributed by atoms with Crippen molar-refractivity contribution in [3.63, 3.8) is 0 Å². The van der Waals surface area contributed by atoms with Gasteiger partial charge in [-0.15, -0.1) is 0 Å². The number of methoxy groups -OCH3 is 1. The molecule has 0 saturated carbocycles. The van der Waals surface area contributed by atoms with Crippen molar-refractivity contribution in [2.45, 2.75) is 19.4 Å². The van der Waals surface area contributed by atoms with Crippen LogP contribution < -0.4 is 4.74 Å². The molecule has 19 heavy (non-hydrogen) atoms. The van der Waals surface area contributed by atoms with E-state index in [-0.39, 0.29) is 5.56 Å². The molecule has 1 atom stereocenters. The third-order valence-corrected chi connectivity index (χ3v) is 3.28. The van der Waals surface area contributed by atoms with E-state index in [1.165, 1.54) is 13.2 Å². The van der Waals surface area contributed by atoms with Crippen LogP contribution in [0, 0.1) is 12.7 Å². The van der Waals surface area contributed by atoms with Gasteiger partial charge in [-0.25, -0.2) is 4.39 Å². The fraction of sp³-hybridized carbons (Fsp3) is 0.250. The van der Waals surface area contributed by atoms with Crippen molar-refractivity contribution < 1.29 is 14.2 Å². The minimum atomic E-state index is -1.44. The van der Waals surface area contributed by atoms with Crippen molar-refractivity contribution in [1.29, 1.82) is 0 Å². The average molecular weight is 260 g/mol. The van der Waals surface area contributed by atoms with Gasteiger partial charge in [0.25, 0.3) is 0 Å². The van der Waals surface area contributed by atoms with Gasteiger partial charge in [-0.3, -0.25) is 0 Å². The van der Waals surface area contributed by atoms with Gasteiger partial charge < -0.3 is 9.84 Å². The Morgan fingerprint density at radius 1 is 1.11 bits per heavy atom. The molecule has 0 aliphatic rings. The summed E-state index contributed by atoms with van der Waals surface area (Å²) < 4.78 is 19.2. The molecule has 2 rings (SSSR count). The standard InChI is InChI=1S/C16H17FO2/c1-11-8-9-15(19-3)13(10-11)16(2,18)12-6-4-5-7-14(12)17/h4-10,18H,1-3H3. The SMILES string of the molecule is COc1ccc(C)cc1C(C)(O)c1ccccc1F. The third-order valence-electron chi connectivity index (χ3n) is 3.28. The molecular formula is C16H17FO2. The molecule has 2 aromatic carbocycles. The van der Waals surface area contributed by atoms with Crippen molar-refractivity contribution >= 4 is 0 Å². The molecule has 2 nitrogen and oxygen atoms in total. The number of ether oxygens (including phenoxy) is 1. The van der Waals surface area contributed by atoms with E-state index in [0.29, 0.717) is 11.3 Å². The minimum Gasteiger partial charge on any atom is -0.496 e. The summed E-state index contributed by atoms with van der Waals surface area (Å²) in [6.07, 6.45) is 0. The van der Waals surface area contributed by atoms with Crippen LogP contribution in [-0.4, -0.2) is 12.2 Å². The first-order valence-corrected chi connectivity index (χ1v) is 6.09. The normalized spacial score (nSPS) is 13.9. The van der Waals surface area contributed by atoms with E-state index in [1.807, 2.05) is 19.1 Å². The summed E-state index contributed by atoms with van der Waals surface area (Å²) in [5, 5.41) is 10.8. The number of benzene rings is 2. The van der Waals surface area contributed by atoms with Gasteiger partial charge in [0.15, 0.2) is 0 Å². The molecule has 0 saturated heterocycles. The summed E-state index contributed by atoms with van der Waals surface area (Å²) in [4.78, 5) is 0. The van der Waals surface area contributed by atoms with E-state index in [9.17, 15) is 9.50 Å². The molecule has 0 heterocycles. The van der Waals surface area contributed by atoms with E-state index in [1.54, 1.807) is 31.2 Å². The molecule has 2 aromatic rings. The number of aryl methyl sites for hydroxylation is 1. The highest BCUT2D eigenvalue weighted by molar-refractivity contribution is 5.46. The van der Waals surface area contributed by atoms with E-state index < -0.39 is 11.4 Å². The molecule has 0 bridgehead atoms. The van der Waals surface area contributed by atoms with Crippen LogP contribution in [0.25, 0.3) is 0 Å². The zero-order valence-corrected chi connectivity index (χ0v) is 11.3. The quantitative estimate of drug-likeness (QED) is 0.916. The predicted octanol–water partition coefficient (Wildman–Crippen LogP) is 3.40. The highest BCUT2D eigenvalue weighted by atomic mass is 19.1. The van der Waals surface area contributed by atoms with E-state index in [4.69, 9.17) is 4.74 Å². The van der Waals surface area contributed by atoms with Crippen LogP contribution in [0.4, 0.5) is 4.39 Å². The second-order valence-electron chi connectivity index (χ2n) is 4.76. The lowest BCUT2D eigenvalue weighted by molar-refractivity contribution is 0.0947. The Hall–Kier alpha value is -1.87. The topological polar surface area (TPSA) is 29.5 Å². The first-order chi connectivity index (χ1) is 8.96. The second-order valence-corrected chi connectivity index (χ2v) is 4.76. The maximum atomic E-state index is 13.9. The van der Waals surface area contributed by atoms with E-state index in [0.717, 1.165) is 5.56 Å². The fourth-order valence-corrected chi connectivity index (χ4v) is 2.20. The summed E-state index contributed by atoms with van der Waals surface area (Å²) in [6.45, 7) is 3.49. The largest absolute Gasteiger partial charge is 0.496 e. The van der Waals surface area contributed by atoms with Crippen LogP contribution in [0.2, 0.25) is 0 Å². The second kappa shape index (κ2) is 5.02. The smallest absolute Gasteiger partial charge is 0.129 e. The van der Waals surface area contributed by atoms with Crippen molar-refractivity contribution in [3.05, 3.63) is 65.0 Å². The summed E-state index contributed by atoms with van der Waals surface area (Å²) in [7, 11) is 1.53. The number of hydrogen-bond donors (Lipinski definition) is 1. The van der Waals surface area contributed by atoms with Crippen molar-refractivity contribution in [2.75, 3.05) is 7.11 Å². The van der Waals surface area contributed by atoms with Gasteiger partial charge in [0.05, 0.1) is 7.11 Å². The molecular weight excluding hydrogens is 243 g/mol. The van der Waals surface area contributed by atoms with Crippen LogP contribution in [0.15, 0.2) is 42.5 Å². The first kappa shape index (κ1) is 13.6. The Morgan fingerprint density at radius 3 is 2.42 bits per heavy atom. The van der Waals surface area contributed by atoms with Crippen molar-refractivity contribution in [1.82, 2.24) is 0 Å². The Kier molecular flexibility index (Phi) is 3.58. The van der Waals surface area contributed by atoms with Crippen LogP contribution >= 0.6 is 0 Å². The van der Waals surface area contributed by atoms with E-state index in [2.05, 4.69) is 0 Å². The minimum absolute atomic E-state index is 0.235. The highest BCUT2D eigenvalue weighted by Crippen LogP contribution is 2.36. The zero-order valence-electron chi connectivity index (χ0n) is 11.3. The van der Waals surface area contributed by atoms with Gasteiger partial charge in [-0.05, 0) is 32.0 Å². The molecule has 0 spiro atoms. The molecule has 0 aliphatic carbocycles. The zero-order chi connectivity index (χ0) is 14.0. The van der Waals surface area contributed by atoms with Crippen LogP contribution in [0.3, 0.4) is 0 Å². The number of halogens is 1. The predicted molar refractivity (Wildman–Crippen MR) is 72.8 cm³/mol. The summed E-state index contributed by atoms with van der Waals surface area (Å²) in [5.74, 6) is 0.106. The molecule has 0 radical (unpaired) electrons. The van der Waals surface area contributed by atoms with Gasteiger partial charge in [-0.2, -0.15) is 0 Å². The van der Waals surface area contributed by atoms with Crippen LogP contribution in [0.5, 0.6) is 5.75 Å². The van der Waals surface area contributed by atoms with Gasteiger partial charge in [0.1, 0.15) is 17.2 Å².